The molecule has 0 saturated heterocycles. The van der Waals surface area contributed by atoms with Crippen LogP contribution in [-0.2, 0) is 5.41 Å². The maximum Gasteiger partial charge on any atom is 0.178 e. The summed E-state index contributed by atoms with van der Waals surface area (Å²) in [4.78, 5) is 14.7. The lowest BCUT2D eigenvalue weighted by molar-refractivity contribution is 0.120. The first-order valence-electron chi connectivity index (χ1n) is 13.7. The Bertz CT molecular complexity index is 1510. The van der Waals surface area contributed by atoms with Gasteiger partial charge in [0.25, 0.3) is 0 Å². The largest absolute Gasteiger partial charge is 0.301 e. The number of aromatic nitrogens is 2. The van der Waals surface area contributed by atoms with Gasteiger partial charge in [0.15, 0.2) is 11.6 Å². The van der Waals surface area contributed by atoms with Crippen molar-refractivity contribution in [1.82, 2.24) is 9.97 Å². The van der Waals surface area contributed by atoms with Crippen LogP contribution in [0.15, 0.2) is 91.8 Å². The van der Waals surface area contributed by atoms with Crippen LogP contribution < -0.4 is 9.80 Å². The van der Waals surface area contributed by atoms with Gasteiger partial charge in [-0.3, -0.25) is 0 Å². The fourth-order valence-corrected chi connectivity index (χ4v) is 7.23. The second kappa shape index (κ2) is 8.83. The van der Waals surface area contributed by atoms with E-state index in [-0.39, 0.29) is 17.0 Å². The molecule has 0 saturated carbocycles. The molecule has 1 aromatic heterocycles. The predicted octanol–water partition coefficient (Wildman–Crippen LogP) is 8.64. The van der Waals surface area contributed by atoms with Gasteiger partial charge in [-0.1, -0.05) is 86.5 Å². The Morgan fingerprint density at radius 1 is 0.816 bits per heavy atom. The van der Waals surface area contributed by atoms with Crippen LogP contribution in [0, 0.1) is 19.3 Å². The molecule has 3 aromatic carbocycles. The number of aryl methyl sites for hydroxylation is 2. The molecule has 4 heteroatoms. The third-order valence-corrected chi connectivity index (χ3v) is 9.16. The van der Waals surface area contributed by atoms with Crippen LogP contribution in [0.3, 0.4) is 0 Å². The van der Waals surface area contributed by atoms with E-state index >= 15 is 0 Å². The quantitative estimate of drug-likeness (QED) is 0.257. The molecule has 0 aliphatic carbocycles. The van der Waals surface area contributed by atoms with Crippen molar-refractivity contribution in [2.45, 2.75) is 59.0 Å². The molecule has 3 unspecified atom stereocenters. The molecule has 2 aliphatic heterocycles. The molecule has 0 N–H and O–H groups in total. The summed E-state index contributed by atoms with van der Waals surface area (Å²) in [5, 5.41) is 0. The average molecular weight is 501 g/mol. The van der Waals surface area contributed by atoms with E-state index in [2.05, 4.69) is 124 Å². The van der Waals surface area contributed by atoms with E-state index in [1.165, 1.54) is 33.5 Å². The van der Waals surface area contributed by atoms with Gasteiger partial charge >= 0.3 is 0 Å². The van der Waals surface area contributed by atoms with Gasteiger partial charge in [0.05, 0.1) is 0 Å². The van der Waals surface area contributed by atoms with Crippen molar-refractivity contribution in [2.24, 2.45) is 5.41 Å². The maximum atomic E-state index is 4.94. The Morgan fingerprint density at radius 2 is 1.47 bits per heavy atom. The Morgan fingerprint density at radius 3 is 2.08 bits per heavy atom. The fraction of sp³-hybridized carbons (Fsp3) is 0.294. The highest BCUT2D eigenvalue weighted by Crippen LogP contribution is 2.64. The van der Waals surface area contributed by atoms with Gasteiger partial charge < -0.3 is 9.80 Å². The second-order valence-corrected chi connectivity index (χ2v) is 11.1. The first-order chi connectivity index (χ1) is 18.4. The number of hydrogen-bond donors (Lipinski definition) is 0. The molecule has 4 nitrogen and oxygen atoms in total. The van der Waals surface area contributed by atoms with Gasteiger partial charge in [0, 0.05) is 34.6 Å². The van der Waals surface area contributed by atoms with E-state index in [1.54, 1.807) is 0 Å². The summed E-state index contributed by atoms with van der Waals surface area (Å²) in [5.74, 6) is 1.82. The van der Waals surface area contributed by atoms with E-state index in [0.29, 0.717) is 0 Å². The van der Waals surface area contributed by atoms with Crippen molar-refractivity contribution < 1.29 is 0 Å². The number of hydrogen-bond acceptors (Lipinski definition) is 4. The molecule has 3 heterocycles. The Labute approximate surface area is 226 Å². The number of fused-ring (bicyclic) bond motifs is 5. The lowest BCUT2D eigenvalue weighted by Crippen LogP contribution is -2.62. The minimum Gasteiger partial charge on any atom is -0.301 e. The SMILES string of the molecule is C=CC1(CC)c2ccc(-c3cc(C)cc(C)c3)cc2N2c3nccnc3N(c3ccccc3)C2C1(C)CC. The van der Waals surface area contributed by atoms with Gasteiger partial charge in [0.2, 0.25) is 0 Å². The molecule has 2 aliphatic rings. The highest BCUT2D eigenvalue weighted by Gasteiger charge is 2.62. The minimum atomic E-state index is -0.228. The standard InChI is InChI=1S/C34H36N4/c1-7-33(6)32-37(27-13-11-10-12-14-27)30-31(36-18-17-35-30)38(32)29-22-25(26-20-23(4)19-24(5)21-26)15-16-28(29)34(33,8-2)9-3/h8,10-22,32H,2,7,9H2,1,3-6H3. The molecular weight excluding hydrogens is 464 g/mol. The van der Waals surface area contributed by atoms with Gasteiger partial charge in [-0.15, -0.1) is 6.58 Å². The monoisotopic (exact) mass is 500 g/mol. The summed E-state index contributed by atoms with van der Waals surface area (Å²) < 4.78 is 0. The van der Waals surface area contributed by atoms with Gasteiger partial charge in [0.1, 0.15) is 6.17 Å². The lowest BCUT2D eigenvalue weighted by Gasteiger charge is -2.59. The van der Waals surface area contributed by atoms with Crippen LogP contribution in [0.1, 0.15) is 50.3 Å². The molecule has 4 aromatic rings. The molecular formula is C34H36N4. The molecule has 3 atom stereocenters. The van der Waals surface area contributed by atoms with Crippen molar-refractivity contribution >= 4 is 23.0 Å². The summed E-state index contributed by atoms with van der Waals surface area (Å²) in [5.41, 5.74) is 8.24. The first kappa shape index (κ1) is 24.4. The van der Waals surface area contributed by atoms with Crippen LogP contribution in [0.4, 0.5) is 23.0 Å². The zero-order valence-corrected chi connectivity index (χ0v) is 23.1. The van der Waals surface area contributed by atoms with Crippen molar-refractivity contribution in [3.05, 3.63) is 108 Å². The number of benzene rings is 3. The summed E-state index contributed by atoms with van der Waals surface area (Å²) in [6.07, 6.45) is 7.77. The van der Waals surface area contributed by atoms with Crippen molar-refractivity contribution in [1.29, 1.82) is 0 Å². The second-order valence-electron chi connectivity index (χ2n) is 11.1. The number of allylic oxidation sites excluding steroid dienone is 1. The highest BCUT2D eigenvalue weighted by molar-refractivity contribution is 5.88. The number of rotatable bonds is 5. The number of nitrogens with zero attached hydrogens (tertiary/aromatic N) is 4. The molecule has 192 valence electrons. The van der Waals surface area contributed by atoms with Crippen LogP contribution in [0.5, 0.6) is 0 Å². The Hall–Kier alpha value is -3.92. The summed E-state index contributed by atoms with van der Waals surface area (Å²) >= 11 is 0. The van der Waals surface area contributed by atoms with E-state index in [0.717, 1.165) is 30.2 Å². The van der Waals surface area contributed by atoms with Crippen LogP contribution >= 0.6 is 0 Å². The number of para-hydroxylation sites is 1. The molecule has 0 radical (unpaired) electrons. The van der Waals surface area contributed by atoms with Crippen molar-refractivity contribution in [3.8, 4) is 11.1 Å². The van der Waals surface area contributed by atoms with E-state index in [1.807, 2.05) is 12.4 Å². The molecule has 0 amide bonds. The lowest BCUT2D eigenvalue weighted by atomic mass is 9.54. The van der Waals surface area contributed by atoms with Crippen molar-refractivity contribution in [2.75, 3.05) is 9.80 Å². The molecule has 0 spiro atoms. The summed E-state index contributed by atoms with van der Waals surface area (Å²) in [6, 6.07) is 24.4. The van der Waals surface area contributed by atoms with Crippen LogP contribution in [0.25, 0.3) is 11.1 Å². The Kier molecular flexibility index (Phi) is 5.68. The van der Waals surface area contributed by atoms with Crippen LogP contribution in [0.2, 0.25) is 0 Å². The highest BCUT2D eigenvalue weighted by atomic mass is 15.5. The average Bonchev–Trinajstić information content (AvgIpc) is 3.29. The molecule has 6 rings (SSSR count). The van der Waals surface area contributed by atoms with Gasteiger partial charge in [-0.2, -0.15) is 0 Å². The smallest absolute Gasteiger partial charge is 0.178 e. The summed E-state index contributed by atoms with van der Waals surface area (Å²) in [7, 11) is 0. The third-order valence-electron chi connectivity index (χ3n) is 9.16. The predicted molar refractivity (Wildman–Crippen MR) is 158 cm³/mol. The van der Waals surface area contributed by atoms with E-state index in [9.17, 15) is 0 Å². The molecule has 0 bridgehead atoms. The van der Waals surface area contributed by atoms with Crippen LogP contribution in [-0.4, -0.2) is 16.1 Å². The molecule has 0 fully saturated rings. The molecule has 38 heavy (non-hydrogen) atoms. The maximum absolute atomic E-state index is 4.94. The van der Waals surface area contributed by atoms with Gasteiger partial charge in [-0.05, 0) is 61.6 Å². The summed E-state index contributed by atoms with van der Waals surface area (Å²) in [6.45, 7) is 15.8. The third kappa shape index (κ3) is 3.22. The zero-order chi connectivity index (χ0) is 26.7. The van der Waals surface area contributed by atoms with E-state index in [4.69, 9.17) is 9.97 Å². The first-order valence-corrected chi connectivity index (χ1v) is 13.7. The topological polar surface area (TPSA) is 32.3 Å². The fourth-order valence-electron chi connectivity index (χ4n) is 7.23. The van der Waals surface area contributed by atoms with Gasteiger partial charge in [-0.25, -0.2) is 9.97 Å². The normalized spacial score (nSPS) is 23.6. The Balaban J connectivity index is 1.68. The minimum absolute atomic E-state index is 0.00718. The van der Waals surface area contributed by atoms with Crippen molar-refractivity contribution in [3.63, 3.8) is 0 Å². The van der Waals surface area contributed by atoms with E-state index < -0.39 is 0 Å². The number of anilines is 4. The zero-order valence-electron chi connectivity index (χ0n) is 23.1.